The lowest BCUT2D eigenvalue weighted by atomic mass is 9.90. The number of hydrogen-bond acceptors (Lipinski definition) is 2. The van der Waals surface area contributed by atoms with E-state index in [1.165, 1.54) is 48.2 Å². The van der Waals surface area contributed by atoms with Crippen molar-refractivity contribution >= 4 is 11.6 Å². The molecule has 3 nitrogen and oxygen atoms in total. The average molecular weight is 310 g/mol. The van der Waals surface area contributed by atoms with Crippen LogP contribution in [0.15, 0.2) is 47.6 Å². The summed E-state index contributed by atoms with van der Waals surface area (Å²) in [6, 6.07) is 11.8. The van der Waals surface area contributed by atoms with E-state index >= 15 is 0 Å². The lowest BCUT2D eigenvalue weighted by Gasteiger charge is -2.16. The molecule has 4 heteroatoms. The lowest BCUT2D eigenvalue weighted by Crippen LogP contribution is -2.19. The van der Waals surface area contributed by atoms with Gasteiger partial charge in [-0.25, -0.2) is 9.82 Å². The van der Waals surface area contributed by atoms with E-state index < -0.39 is 0 Å². The van der Waals surface area contributed by atoms with Crippen LogP contribution in [0.2, 0.25) is 0 Å². The number of halogens is 1. The predicted octanol–water partition coefficient (Wildman–Crippen LogP) is 3.86. The Balaban J connectivity index is 1.72. The van der Waals surface area contributed by atoms with Gasteiger partial charge in [0.25, 0.3) is 5.91 Å². The fraction of sp³-hybridized carbons (Fsp3) is 0.263. The van der Waals surface area contributed by atoms with Crippen molar-refractivity contribution in [1.29, 1.82) is 0 Å². The van der Waals surface area contributed by atoms with Crippen molar-refractivity contribution in [1.82, 2.24) is 5.43 Å². The van der Waals surface area contributed by atoms with Gasteiger partial charge in [0, 0.05) is 5.56 Å². The van der Waals surface area contributed by atoms with Gasteiger partial charge in [-0.15, -0.1) is 0 Å². The number of rotatable bonds is 3. The van der Waals surface area contributed by atoms with Gasteiger partial charge in [0.1, 0.15) is 5.82 Å². The van der Waals surface area contributed by atoms with Crippen molar-refractivity contribution in [3.8, 4) is 0 Å². The third-order valence-electron chi connectivity index (χ3n) is 4.20. The average Bonchev–Trinajstić information content (AvgIpc) is 2.59. The van der Waals surface area contributed by atoms with Gasteiger partial charge in [0.15, 0.2) is 0 Å². The summed E-state index contributed by atoms with van der Waals surface area (Å²) in [5.41, 5.74) is 7.48. The first-order valence-electron chi connectivity index (χ1n) is 7.86. The number of fused-ring (bicyclic) bond motifs is 1. The molecule has 1 aliphatic rings. The minimum absolute atomic E-state index is 0.345. The Morgan fingerprint density at radius 2 is 1.65 bits per heavy atom. The van der Waals surface area contributed by atoms with E-state index in [0.717, 1.165) is 24.1 Å². The van der Waals surface area contributed by atoms with Gasteiger partial charge in [-0.05, 0) is 79.6 Å². The Morgan fingerprint density at radius 3 is 2.39 bits per heavy atom. The third-order valence-corrected chi connectivity index (χ3v) is 4.20. The number of nitrogens with zero attached hydrogens (tertiary/aromatic N) is 1. The Kier molecular flexibility index (Phi) is 4.51. The molecule has 0 saturated heterocycles. The molecule has 0 spiro atoms. The first-order valence-corrected chi connectivity index (χ1v) is 7.86. The highest BCUT2D eigenvalue weighted by molar-refractivity contribution is 6.01. The molecule has 23 heavy (non-hydrogen) atoms. The highest BCUT2D eigenvalue weighted by Gasteiger charge is 2.11. The summed E-state index contributed by atoms with van der Waals surface area (Å²) in [4.78, 5) is 12.0. The molecule has 0 bridgehead atoms. The summed E-state index contributed by atoms with van der Waals surface area (Å²) in [5.74, 6) is -0.711. The van der Waals surface area contributed by atoms with Crippen LogP contribution in [0.3, 0.4) is 0 Å². The number of aryl methyl sites for hydroxylation is 2. The van der Waals surface area contributed by atoms with Crippen LogP contribution in [0.1, 0.15) is 46.8 Å². The van der Waals surface area contributed by atoms with Gasteiger partial charge in [-0.3, -0.25) is 4.79 Å². The van der Waals surface area contributed by atoms with Crippen LogP contribution in [0.25, 0.3) is 0 Å². The first kappa shape index (κ1) is 15.4. The Morgan fingerprint density at radius 1 is 1.00 bits per heavy atom. The normalized spacial score (nSPS) is 14.3. The van der Waals surface area contributed by atoms with Crippen LogP contribution in [0.4, 0.5) is 4.39 Å². The van der Waals surface area contributed by atoms with Crippen LogP contribution in [-0.2, 0) is 12.8 Å². The van der Waals surface area contributed by atoms with E-state index in [-0.39, 0.29) is 11.7 Å². The number of amides is 1. The summed E-state index contributed by atoms with van der Waals surface area (Å²) in [5, 5.41) is 4.17. The molecule has 2 aromatic rings. The summed E-state index contributed by atoms with van der Waals surface area (Å²) >= 11 is 0. The predicted molar refractivity (Wildman–Crippen MR) is 89.2 cm³/mol. The summed E-state index contributed by atoms with van der Waals surface area (Å²) in [7, 11) is 0. The van der Waals surface area contributed by atoms with Crippen molar-refractivity contribution in [3.63, 3.8) is 0 Å². The molecule has 1 N–H and O–H groups in total. The van der Waals surface area contributed by atoms with Gasteiger partial charge in [-0.1, -0.05) is 12.1 Å². The highest BCUT2D eigenvalue weighted by atomic mass is 19.1. The van der Waals surface area contributed by atoms with Gasteiger partial charge in [-0.2, -0.15) is 5.10 Å². The molecule has 0 saturated carbocycles. The van der Waals surface area contributed by atoms with Crippen LogP contribution >= 0.6 is 0 Å². The van der Waals surface area contributed by atoms with Crippen LogP contribution in [0, 0.1) is 5.82 Å². The first-order chi connectivity index (χ1) is 11.1. The molecule has 0 fully saturated rings. The van der Waals surface area contributed by atoms with Crippen LogP contribution in [0.5, 0.6) is 0 Å². The molecule has 0 heterocycles. The summed E-state index contributed by atoms with van der Waals surface area (Å²) in [6.07, 6.45) is 4.74. The monoisotopic (exact) mass is 310 g/mol. The number of carbonyl (C=O) groups excluding carboxylic acids is 1. The van der Waals surface area contributed by atoms with Crippen molar-refractivity contribution in [2.75, 3.05) is 0 Å². The molecule has 0 atom stereocenters. The Bertz CT molecular complexity index is 750. The van der Waals surface area contributed by atoms with Gasteiger partial charge in [0.2, 0.25) is 0 Å². The van der Waals surface area contributed by atoms with Gasteiger partial charge < -0.3 is 0 Å². The third kappa shape index (κ3) is 3.65. The number of nitrogens with one attached hydrogen (secondary N) is 1. The lowest BCUT2D eigenvalue weighted by molar-refractivity contribution is 0.0955. The highest BCUT2D eigenvalue weighted by Crippen LogP contribution is 2.22. The minimum atomic E-state index is -0.365. The SMILES string of the molecule is C/C(=N/NC(=O)c1ccc(F)cc1)c1ccc2c(c1)CCCC2. The van der Waals surface area contributed by atoms with Crippen molar-refractivity contribution < 1.29 is 9.18 Å². The van der Waals surface area contributed by atoms with Crippen LogP contribution in [-0.4, -0.2) is 11.6 Å². The van der Waals surface area contributed by atoms with E-state index in [4.69, 9.17) is 0 Å². The Labute approximate surface area is 135 Å². The maximum absolute atomic E-state index is 12.9. The smallest absolute Gasteiger partial charge is 0.267 e. The molecular weight excluding hydrogens is 291 g/mol. The second-order valence-electron chi connectivity index (χ2n) is 5.84. The summed E-state index contributed by atoms with van der Waals surface area (Å²) < 4.78 is 12.9. The number of benzene rings is 2. The zero-order chi connectivity index (χ0) is 16.2. The molecular formula is C19H19FN2O. The molecule has 2 aromatic carbocycles. The van der Waals surface area contributed by atoms with E-state index in [9.17, 15) is 9.18 Å². The van der Waals surface area contributed by atoms with E-state index in [1.54, 1.807) is 0 Å². The second-order valence-corrected chi connectivity index (χ2v) is 5.84. The Hall–Kier alpha value is -2.49. The van der Waals surface area contributed by atoms with Gasteiger partial charge in [0.05, 0.1) is 5.71 Å². The molecule has 1 amide bonds. The molecule has 3 rings (SSSR count). The summed E-state index contributed by atoms with van der Waals surface area (Å²) in [6.45, 7) is 1.87. The van der Waals surface area contributed by atoms with Gasteiger partial charge >= 0.3 is 0 Å². The molecule has 0 radical (unpaired) electrons. The zero-order valence-electron chi connectivity index (χ0n) is 13.1. The number of carbonyl (C=O) groups is 1. The molecule has 118 valence electrons. The largest absolute Gasteiger partial charge is 0.271 e. The fourth-order valence-corrected chi connectivity index (χ4v) is 2.82. The van der Waals surface area contributed by atoms with Crippen LogP contribution < -0.4 is 5.43 Å². The zero-order valence-corrected chi connectivity index (χ0v) is 13.1. The number of hydrogen-bond donors (Lipinski definition) is 1. The van der Waals surface area contributed by atoms with E-state index in [0.29, 0.717) is 5.56 Å². The minimum Gasteiger partial charge on any atom is -0.267 e. The maximum atomic E-state index is 12.9. The fourth-order valence-electron chi connectivity index (χ4n) is 2.82. The maximum Gasteiger partial charge on any atom is 0.271 e. The topological polar surface area (TPSA) is 41.5 Å². The molecule has 0 unspecified atom stereocenters. The molecule has 0 aliphatic heterocycles. The second kappa shape index (κ2) is 6.73. The molecule has 0 aromatic heterocycles. The van der Waals surface area contributed by atoms with E-state index in [1.807, 2.05) is 13.0 Å². The quantitative estimate of drug-likeness (QED) is 0.679. The number of hydrazone groups is 1. The van der Waals surface area contributed by atoms with E-state index in [2.05, 4.69) is 22.7 Å². The molecule has 1 aliphatic carbocycles. The van der Waals surface area contributed by atoms with Crippen molar-refractivity contribution in [2.45, 2.75) is 32.6 Å². The standard InChI is InChI=1S/C19H19FN2O/c1-13(16-7-6-14-4-2-3-5-17(14)12-16)21-22-19(23)15-8-10-18(20)11-9-15/h6-12H,2-5H2,1H3,(H,22,23)/b21-13-. The van der Waals surface area contributed by atoms with Crippen molar-refractivity contribution in [2.24, 2.45) is 5.10 Å². The van der Waals surface area contributed by atoms with Crippen molar-refractivity contribution in [3.05, 3.63) is 70.5 Å².